The Morgan fingerprint density at radius 2 is 1.96 bits per heavy atom. The quantitative estimate of drug-likeness (QED) is 0.788. The molecule has 1 N–H and O–H groups in total. The smallest absolute Gasteiger partial charge is 0.321 e. The number of aryl methyl sites for hydroxylation is 1. The number of benzene rings is 1. The predicted molar refractivity (Wildman–Crippen MR) is 100 cm³/mol. The van der Waals surface area contributed by atoms with Crippen molar-refractivity contribution in [2.24, 2.45) is 0 Å². The average molecular weight is 347 g/mol. The molecule has 0 spiro atoms. The average Bonchev–Trinajstić information content (AvgIpc) is 2.96. The third-order valence-electron chi connectivity index (χ3n) is 4.71. The van der Waals surface area contributed by atoms with Gasteiger partial charge in [-0.25, -0.2) is 9.78 Å². The fourth-order valence-corrected chi connectivity index (χ4v) is 3.22. The molecule has 3 heterocycles. The molecule has 6 nitrogen and oxygen atoms in total. The van der Waals surface area contributed by atoms with E-state index in [4.69, 9.17) is 0 Å². The minimum Gasteiger partial charge on any atom is -0.328 e. The molecule has 0 bridgehead atoms. The van der Waals surface area contributed by atoms with Gasteiger partial charge in [-0.3, -0.25) is 4.98 Å². The molecule has 1 aromatic carbocycles. The van der Waals surface area contributed by atoms with Crippen molar-refractivity contribution in [3.05, 3.63) is 78.1 Å². The van der Waals surface area contributed by atoms with Gasteiger partial charge in [0.2, 0.25) is 0 Å². The number of hydrogen-bond acceptors (Lipinski definition) is 3. The van der Waals surface area contributed by atoms with Gasteiger partial charge in [0.1, 0.15) is 5.82 Å². The Morgan fingerprint density at radius 1 is 1.15 bits per heavy atom. The Morgan fingerprint density at radius 3 is 2.69 bits per heavy atom. The lowest BCUT2D eigenvalue weighted by Crippen LogP contribution is -2.51. The molecule has 26 heavy (non-hydrogen) atoms. The van der Waals surface area contributed by atoms with Crippen molar-refractivity contribution in [1.29, 1.82) is 0 Å². The fourth-order valence-electron chi connectivity index (χ4n) is 3.22. The zero-order valence-corrected chi connectivity index (χ0v) is 14.7. The van der Waals surface area contributed by atoms with E-state index in [2.05, 4.69) is 32.8 Å². The normalized spacial score (nSPS) is 14.1. The number of hydrogen-bond donors (Lipinski definition) is 1. The van der Waals surface area contributed by atoms with Crippen LogP contribution in [-0.4, -0.2) is 38.6 Å². The van der Waals surface area contributed by atoms with Crippen LogP contribution in [0.1, 0.15) is 23.0 Å². The molecular formula is C20H21N5O. The first-order valence-corrected chi connectivity index (χ1v) is 8.72. The maximum absolute atomic E-state index is 12.3. The van der Waals surface area contributed by atoms with E-state index in [-0.39, 0.29) is 11.9 Å². The zero-order chi connectivity index (χ0) is 17.9. The van der Waals surface area contributed by atoms with Gasteiger partial charge in [0.25, 0.3) is 0 Å². The van der Waals surface area contributed by atoms with Gasteiger partial charge in [0.15, 0.2) is 0 Å². The molecule has 0 aliphatic carbocycles. The van der Waals surface area contributed by atoms with Crippen molar-refractivity contribution >= 4 is 11.7 Å². The number of para-hydroxylation sites is 1. The number of rotatable bonds is 4. The summed E-state index contributed by atoms with van der Waals surface area (Å²) < 4.78 is 2.22. The molecule has 6 heteroatoms. The molecule has 3 aromatic rings. The number of nitrogens with zero attached hydrogens (tertiary/aromatic N) is 4. The van der Waals surface area contributed by atoms with Crippen molar-refractivity contribution < 1.29 is 4.79 Å². The SMILES string of the molecule is Cc1cnc(C2CN(C(=O)Nc3ccccc3)C2)n1Cc1cccnc1. The number of anilines is 1. The molecule has 1 fully saturated rings. The zero-order valence-electron chi connectivity index (χ0n) is 14.7. The number of nitrogens with one attached hydrogen (secondary N) is 1. The van der Waals surface area contributed by atoms with E-state index in [9.17, 15) is 4.79 Å². The standard InChI is InChI=1S/C20H21N5O/c1-15-10-22-19(25(15)12-16-6-5-9-21-11-16)17-13-24(14-17)20(26)23-18-7-3-2-4-8-18/h2-11,17H,12-14H2,1H3,(H,23,26). The van der Waals surface area contributed by atoms with Crippen LogP contribution in [0.4, 0.5) is 10.5 Å². The molecule has 0 unspecified atom stereocenters. The summed E-state index contributed by atoms with van der Waals surface area (Å²) in [6, 6.07) is 13.5. The highest BCUT2D eigenvalue weighted by molar-refractivity contribution is 5.89. The van der Waals surface area contributed by atoms with E-state index < -0.39 is 0 Å². The van der Waals surface area contributed by atoms with Crippen molar-refractivity contribution in [3.8, 4) is 0 Å². The highest BCUT2D eigenvalue weighted by Gasteiger charge is 2.34. The highest BCUT2D eigenvalue weighted by atomic mass is 16.2. The maximum atomic E-state index is 12.3. The maximum Gasteiger partial charge on any atom is 0.321 e. The van der Waals surface area contributed by atoms with E-state index in [0.717, 1.165) is 29.3 Å². The summed E-state index contributed by atoms with van der Waals surface area (Å²) in [7, 11) is 0. The second kappa shape index (κ2) is 7.00. The molecule has 0 radical (unpaired) electrons. The van der Waals surface area contributed by atoms with Gasteiger partial charge in [0.05, 0.1) is 12.5 Å². The Balaban J connectivity index is 1.41. The molecule has 1 aliphatic rings. The first-order valence-electron chi connectivity index (χ1n) is 8.72. The Kier molecular flexibility index (Phi) is 4.39. The van der Waals surface area contributed by atoms with Gasteiger partial charge in [-0.1, -0.05) is 24.3 Å². The van der Waals surface area contributed by atoms with E-state index in [0.29, 0.717) is 13.1 Å². The van der Waals surface area contributed by atoms with Crippen LogP contribution >= 0.6 is 0 Å². The number of pyridine rings is 1. The van der Waals surface area contributed by atoms with Crippen LogP contribution in [0, 0.1) is 6.92 Å². The lowest BCUT2D eigenvalue weighted by molar-refractivity contribution is 0.159. The molecule has 1 saturated heterocycles. The fraction of sp³-hybridized carbons (Fsp3) is 0.250. The molecule has 4 rings (SSSR count). The Hall–Kier alpha value is -3.15. The minimum absolute atomic E-state index is 0.0606. The molecule has 132 valence electrons. The number of imidazole rings is 1. The number of urea groups is 1. The van der Waals surface area contributed by atoms with E-state index in [1.165, 1.54) is 0 Å². The number of likely N-dealkylation sites (tertiary alicyclic amines) is 1. The van der Waals surface area contributed by atoms with Gasteiger partial charge < -0.3 is 14.8 Å². The van der Waals surface area contributed by atoms with Gasteiger partial charge in [-0.15, -0.1) is 0 Å². The first-order chi connectivity index (χ1) is 12.7. The van der Waals surface area contributed by atoms with E-state index in [1.807, 2.05) is 53.7 Å². The van der Waals surface area contributed by atoms with Gasteiger partial charge in [0, 0.05) is 43.1 Å². The summed E-state index contributed by atoms with van der Waals surface area (Å²) >= 11 is 0. The van der Waals surface area contributed by atoms with Crippen molar-refractivity contribution in [2.75, 3.05) is 18.4 Å². The topological polar surface area (TPSA) is 63.1 Å². The summed E-state index contributed by atoms with van der Waals surface area (Å²) in [5, 5.41) is 2.93. The lowest BCUT2D eigenvalue weighted by atomic mass is 9.99. The number of amides is 2. The lowest BCUT2D eigenvalue weighted by Gasteiger charge is -2.39. The predicted octanol–water partition coefficient (Wildman–Crippen LogP) is 3.27. The van der Waals surface area contributed by atoms with Crippen molar-refractivity contribution in [2.45, 2.75) is 19.4 Å². The summed E-state index contributed by atoms with van der Waals surface area (Å²) in [5.74, 6) is 1.30. The van der Waals surface area contributed by atoms with Crippen LogP contribution in [0.15, 0.2) is 61.1 Å². The largest absolute Gasteiger partial charge is 0.328 e. The highest BCUT2D eigenvalue weighted by Crippen LogP contribution is 2.28. The second-order valence-electron chi connectivity index (χ2n) is 6.60. The second-order valence-corrected chi connectivity index (χ2v) is 6.60. The van der Waals surface area contributed by atoms with Gasteiger partial charge >= 0.3 is 6.03 Å². The van der Waals surface area contributed by atoms with Crippen molar-refractivity contribution in [3.63, 3.8) is 0 Å². The van der Waals surface area contributed by atoms with E-state index >= 15 is 0 Å². The van der Waals surface area contributed by atoms with Crippen LogP contribution < -0.4 is 5.32 Å². The Labute approximate surface area is 152 Å². The van der Waals surface area contributed by atoms with Gasteiger partial charge in [-0.2, -0.15) is 0 Å². The summed E-state index contributed by atoms with van der Waals surface area (Å²) in [6.45, 7) is 4.18. The summed E-state index contributed by atoms with van der Waals surface area (Å²) in [5.41, 5.74) is 3.08. The third kappa shape index (κ3) is 3.31. The van der Waals surface area contributed by atoms with Gasteiger partial charge in [-0.05, 0) is 30.7 Å². The van der Waals surface area contributed by atoms with Crippen LogP contribution in [0.25, 0.3) is 0 Å². The minimum atomic E-state index is -0.0606. The van der Waals surface area contributed by atoms with Crippen LogP contribution in [0.3, 0.4) is 0 Å². The molecule has 1 aliphatic heterocycles. The van der Waals surface area contributed by atoms with Crippen LogP contribution in [0.5, 0.6) is 0 Å². The molecule has 2 amide bonds. The van der Waals surface area contributed by atoms with Crippen molar-refractivity contribution in [1.82, 2.24) is 19.4 Å². The monoisotopic (exact) mass is 347 g/mol. The van der Waals surface area contributed by atoms with Crippen LogP contribution in [0.2, 0.25) is 0 Å². The number of carbonyl (C=O) groups is 1. The molecule has 2 aromatic heterocycles. The first kappa shape index (κ1) is 16.3. The summed E-state index contributed by atoms with van der Waals surface area (Å²) in [4.78, 5) is 22.9. The Bertz CT molecular complexity index is 885. The molecular weight excluding hydrogens is 326 g/mol. The third-order valence-corrected chi connectivity index (χ3v) is 4.71. The van der Waals surface area contributed by atoms with Crippen LogP contribution in [-0.2, 0) is 6.54 Å². The number of aromatic nitrogens is 3. The molecule has 0 atom stereocenters. The molecule has 0 saturated carbocycles. The number of carbonyl (C=O) groups excluding carboxylic acids is 1. The van der Waals surface area contributed by atoms with E-state index in [1.54, 1.807) is 6.20 Å². The summed E-state index contributed by atoms with van der Waals surface area (Å²) in [6.07, 6.45) is 5.56.